The molecule has 1 aliphatic rings. The van der Waals surface area contributed by atoms with Gasteiger partial charge in [-0.2, -0.15) is 5.10 Å². The van der Waals surface area contributed by atoms with Crippen LogP contribution in [0.3, 0.4) is 0 Å². The Hall–Kier alpha value is -3.69. The fraction of sp³-hybridized carbons (Fsp3) is 0.316. The molecule has 1 atom stereocenters. The Bertz CT molecular complexity index is 1180. The molecule has 3 heterocycles. The summed E-state index contributed by atoms with van der Waals surface area (Å²) in [6, 6.07) is 4.69. The maximum atomic E-state index is 12.9. The van der Waals surface area contributed by atoms with Gasteiger partial charge in [0.05, 0.1) is 11.2 Å². The van der Waals surface area contributed by atoms with Crippen molar-refractivity contribution < 1.29 is 19.1 Å². The van der Waals surface area contributed by atoms with Gasteiger partial charge in [0.2, 0.25) is 11.9 Å². The number of aryl methyl sites for hydroxylation is 2. The summed E-state index contributed by atoms with van der Waals surface area (Å²) in [5, 5.41) is 7.06. The lowest BCUT2D eigenvalue weighted by Gasteiger charge is -2.32. The number of benzene rings is 1. The number of amides is 2. The maximum absolute atomic E-state index is 12.9. The van der Waals surface area contributed by atoms with E-state index < -0.39 is 17.4 Å². The molecule has 10 heteroatoms. The molecule has 3 N–H and O–H groups in total. The number of nitrogens with one attached hydrogen (secondary N) is 1. The number of anilines is 1. The monoisotopic (exact) mass is 396 g/mol. The predicted molar refractivity (Wildman–Crippen MR) is 104 cm³/mol. The van der Waals surface area contributed by atoms with Crippen molar-refractivity contribution >= 4 is 35.1 Å². The first-order chi connectivity index (χ1) is 13.8. The molecular weight excluding hydrogens is 376 g/mol. The molecule has 3 aromatic rings. The highest BCUT2D eigenvalue weighted by Crippen LogP contribution is 2.38. The number of nitrogens with two attached hydrogens (primary N) is 1. The molecule has 10 nitrogen and oxygen atoms in total. The van der Waals surface area contributed by atoms with Crippen molar-refractivity contribution in [2.24, 2.45) is 5.73 Å². The molecule has 2 aromatic heterocycles. The van der Waals surface area contributed by atoms with Crippen LogP contribution in [0.15, 0.2) is 18.2 Å². The maximum Gasteiger partial charge on any atom is 0.276 e. The minimum atomic E-state index is -1.08. The topological polar surface area (TPSA) is 134 Å². The minimum absolute atomic E-state index is 0.0199. The van der Waals surface area contributed by atoms with Crippen LogP contribution in [0.4, 0.5) is 5.95 Å². The Kier molecular flexibility index (Phi) is 4.14. The van der Waals surface area contributed by atoms with Gasteiger partial charge in [-0.05, 0) is 39.0 Å². The highest BCUT2D eigenvalue weighted by molar-refractivity contribution is 6.04. The normalized spacial score (nSPS) is 17.8. The molecule has 0 radical (unpaired) electrons. The number of carbonyl (C=O) groups excluding carboxylic acids is 3. The van der Waals surface area contributed by atoms with Crippen LogP contribution in [0.5, 0.6) is 5.75 Å². The highest BCUT2D eigenvalue weighted by Gasteiger charge is 2.37. The van der Waals surface area contributed by atoms with Crippen LogP contribution in [-0.2, 0) is 16.9 Å². The third-order valence-electron chi connectivity index (χ3n) is 4.95. The first-order valence-electron chi connectivity index (χ1n) is 9.09. The third kappa shape index (κ3) is 2.84. The SMILES string of the molecule is CCn1nc(C)cc1C(=O)Nc1nc2cc(C(N)=O)cc3c2n1C(C)(C=O)CO3. The average molecular weight is 396 g/mol. The van der Waals surface area contributed by atoms with Gasteiger partial charge < -0.3 is 15.3 Å². The number of hydrogen-bond donors (Lipinski definition) is 2. The summed E-state index contributed by atoms with van der Waals surface area (Å²) in [5.41, 5.74) is 6.53. The number of aldehydes is 1. The Morgan fingerprint density at radius 1 is 1.38 bits per heavy atom. The Morgan fingerprint density at radius 3 is 2.79 bits per heavy atom. The lowest BCUT2D eigenvalue weighted by atomic mass is 10.0. The molecule has 1 unspecified atom stereocenters. The number of hydrogen-bond acceptors (Lipinski definition) is 6. The van der Waals surface area contributed by atoms with Crippen molar-refractivity contribution in [3.05, 3.63) is 35.2 Å². The number of ether oxygens (including phenoxy) is 1. The molecule has 1 aromatic carbocycles. The quantitative estimate of drug-likeness (QED) is 0.623. The van der Waals surface area contributed by atoms with E-state index in [0.29, 0.717) is 34.7 Å². The molecule has 29 heavy (non-hydrogen) atoms. The Morgan fingerprint density at radius 2 is 2.14 bits per heavy atom. The summed E-state index contributed by atoms with van der Waals surface area (Å²) in [4.78, 5) is 40.9. The molecule has 0 saturated carbocycles. The minimum Gasteiger partial charge on any atom is -0.488 e. The second kappa shape index (κ2) is 6.43. The molecule has 0 bridgehead atoms. The molecular formula is C19H20N6O4. The first kappa shape index (κ1) is 18.7. The number of aromatic nitrogens is 4. The van der Waals surface area contributed by atoms with Crippen molar-refractivity contribution in [3.8, 4) is 5.75 Å². The van der Waals surface area contributed by atoms with Gasteiger partial charge in [-0.25, -0.2) is 4.98 Å². The van der Waals surface area contributed by atoms with Crippen molar-refractivity contribution in [2.75, 3.05) is 11.9 Å². The van der Waals surface area contributed by atoms with Crippen LogP contribution in [0.2, 0.25) is 0 Å². The molecule has 2 amide bonds. The van der Waals surface area contributed by atoms with Gasteiger partial charge in [0.1, 0.15) is 35.4 Å². The van der Waals surface area contributed by atoms with Crippen LogP contribution < -0.4 is 15.8 Å². The van der Waals surface area contributed by atoms with E-state index in [9.17, 15) is 14.4 Å². The first-order valence-corrected chi connectivity index (χ1v) is 9.09. The summed E-state index contributed by atoms with van der Waals surface area (Å²) < 4.78 is 8.92. The largest absolute Gasteiger partial charge is 0.488 e. The van der Waals surface area contributed by atoms with E-state index in [1.54, 1.807) is 29.2 Å². The van der Waals surface area contributed by atoms with Crippen LogP contribution in [0.1, 0.15) is 40.4 Å². The van der Waals surface area contributed by atoms with Gasteiger partial charge in [-0.15, -0.1) is 0 Å². The zero-order valence-corrected chi connectivity index (χ0v) is 16.2. The van der Waals surface area contributed by atoms with Gasteiger partial charge in [0.15, 0.2) is 0 Å². The smallest absolute Gasteiger partial charge is 0.276 e. The van der Waals surface area contributed by atoms with E-state index in [-0.39, 0.29) is 18.1 Å². The molecule has 1 aliphatic heterocycles. The Balaban J connectivity index is 1.87. The van der Waals surface area contributed by atoms with E-state index in [4.69, 9.17) is 10.5 Å². The number of rotatable bonds is 5. The van der Waals surface area contributed by atoms with Crippen LogP contribution in [0, 0.1) is 6.92 Å². The summed E-state index contributed by atoms with van der Waals surface area (Å²) >= 11 is 0. The van der Waals surface area contributed by atoms with Crippen molar-refractivity contribution in [3.63, 3.8) is 0 Å². The summed E-state index contributed by atoms with van der Waals surface area (Å²) in [5.74, 6) is -0.487. The standard InChI is InChI=1S/C19H20N6O4/c1-4-24-13(5-10(2)23-24)17(28)22-18-21-12-6-11(16(20)27)7-14-15(12)25(18)19(3,8-26)9-29-14/h5-8H,4,9H2,1-3H3,(H2,20,27)(H,21,22,28). The lowest BCUT2D eigenvalue weighted by molar-refractivity contribution is -0.116. The van der Waals surface area contributed by atoms with Crippen LogP contribution >= 0.6 is 0 Å². The fourth-order valence-corrected chi connectivity index (χ4v) is 3.52. The summed E-state index contributed by atoms with van der Waals surface area (Å²) in [7, 11) is 0. The number of nitrogens with zero attached hydrogens (tertiary/aromatic N) is 4. The second-order valence-electron chi connectivity index (χ2n) is 7.18. The second-order valence-corrected chi connectivity index (χ2v) is 7.18. The molecule has 0 fully saturated rings. The van der Waals surface area contributed by atoms with Gasteiger partial charge in [0, 0.05) is 12.1 Å². The van der Waals surface area contributed by atoms with Crippen LogP contribution in [-0.4, -0.2) is 44.0 Å². The zero-order chi connectivity index (χ0) is 20.9. The third-order valence-corrected chi connectivity index (χ3v) is 4.95. The zero-order valence-electron chi connectivity index (χ0n) is 16.2. The van der Waals surface area contributed by atoms with Crippen LogP contribution in [0.25, 0.3) is 11.0 Å². The molecule has 0 aliphatic carbocycles. The van der Waals surface area contributed by atoms with Gasteiger partial charge in [-0.1, -0.05) is 0 Å². The number of primary amides is 1. The van der Waals surface area contributed by atoms with Crippen molar-refractivity contribution in [2.45, 2.75) is 32.9 Å². The van der Waals surface area contributed by atoms with Crippen molar-refractivity contribution in [1.82, 2.24) is 19.3 Å². The van der Waals surface area contributed by atoms with E-state index in [0.717, 1.165) is 6.29 Å². The molecule has 4 rings (SSSR count). The van der Waals surface area contributed by atoms with Crippen molar-refractivity contribution in [1.29, 1.82) is 0 Å². The van der Waals surface area contributed by atoms with Gasteiger partial charge in [0.25, 0.3) is 5.91 Å². The van der Waals surface area contributed by atoms with Gasteiger partial charge >= 0.3 is 0 Å². The number of imidazole rings is 1. The molecule has 150 valence electrons. The number of carbonyl (C=O) groups is 3. The van der Waals surface area contributed by atoms with E-state index in [1.807, 2.05) is 6.92 Å². The highest BCUT2D eigenvalue weighted by atomic mass is 16.5. The van der Waals surface area contributed by atoms with E-state index >= 15 is 0 Å². The van der Waals surface area contributed by atoms with E-state index in [1.165, 1.54) is 12.1 Å². The van der Waals surface area contributed by atoms with E-state index in [2.05, 4.69) is 15.4 Å². The molecule has 0 spiro atoms. The van der Waals surface area contributed by atoms with Gasteiger partial charge in [-0.3, -0.25) is 24.2 Å². The lowest BCUT2D eigenvalue weighted by Crippen LogP contribution is -2.42. The molecule has 0 saturated heterocycles. The summed E-state index contributed by atoms with van der Waals surface area (Å²) in [6.45, 7) is 5.91. The predicted octanol–water partition coefficient (Wildman–Crippen LogP) is 1.22. The fourth-order valence-electron chi connectivity index (χ4n) is 3.52. The Labute approximate surface area is 165 Å². The average Bonchev–Trinajstić information content (AvgIpc) is 3.25. The summed E-state index contributed by atoms with van der Waals surface area (Å²) in [6.07, 6.45) is 0.745.